The van der Waals surface area contributed by atoms with Gasteiger partial charge in [0.25, 0.3) is 11.5 Å². The van der Waals surface area contributed by atoms with Gasteiger partial charge in [-0.25, -0.2) is 8.78 Å². The number of benzene rings is 3. The molecule has 6 aromatic rings. The molecule has 0 saturated carbocycles. The van der Waals surface area contributed by atoms with Gasteiger partial charge >= 0.3 is 0 Å². The fourth-order valence-electron chi connectivity index (χ4n) is 4.37. The van der Waals surface area contributed by atoms with Gasteiger partial charge in [0.15, 0.2) is 11.6 Å². The first kappa shape index (κ1) is 24.7. The molecule has 0 radical (unpaired) electrons. The number of carbonyl (C=O) groups excluding carboxylic acids is 1. The molecule has 11 heteroatoms. The third kappa shape index (κ3) is 4.60. The Balaban J connectivity index is 1.27. The van der Waals surface area contributed by atoms with Gasteiger partial charge in [-0.1, -0.05) is 0 Å². The van der Waals surface area contributed by atoms with Crippen LogP contribution in [0.2, 0.25) is 0 Å². The van der Waals surface area contributed by atoms with Gasteiger partial charge in [-0.05, 0) is 67.6 Å². The summed E-state index contributed by atoms with van der Waals surface area (Å²) in [6.07, 6.45) is 4.94. The summed E-state index contributed by atoms with van der Waals surface area (Å²) in [7, 11) is 0. The number of aromatic nitrogens is 5. The molecule has 0 aliphatic rings. The van der Waals surface area contributed by atoms with Gasteiger partial charge in [0.05, 0.1) is 17.9 Å². The van der Waals surface area contributed by atoms with E-state index in [4.69, 9.17) is 4.74 Å². The number of aryl methyl sites for hydroxylation is 1. The first-order valence-corrected chi connectivity index (χ1v) is 12.1. The van der Waals surface area contributed by atoms with Gasteiger partial charge < -0.3 is 10.1 Å². The lowest BCUT2D eigenvalue weighted by Crippen LogP contribution is -2.29. The first-order chi connectivity index (χ1) is 19.4. The molecule has 0 spiro atoms. The molecule has 0 atom stereocenters. The summed E-state index contributed by atoms with van der Waals surface area (Å²) in [5.74, 6) is -1.58. The molecule has 0 aliphatic carbocycles. The minimum Gasteiger partial charge on any atom is -0.454 e. The SMILES string of the molecule is Cc1ccc(C(=O)Nc2ccc(Oc3cc4cn[nH]c4cc3-c3cn[nH]c3)c(F)c2)c(=O)n1-c1ccc(F)cc1. The highest BCUT2D eigenvalue weighted by atomic mass is 19.1. The van der Waals surface area contributed by atoms with Crippen molar-refractivity contribution >= 4 is 22.5 Å². The quantitative estimate of drug-likeness (QED) is 0.250. The van der Waals surface area contributed by atoms with Crippen molar-refractivity contribution in [3.63, 3.8) is 0 Å². The summed E-state index contributed by atoms with van der Waals surface area (Å²) in [6.45, 7) is 1.70. The van der Waals surface area contributed by atoms with Crippen LogP contribution >= 0.6 is 0 Å². The number of ether oxygens (including phenoxy) is 1. The number of carbonyl (C=O) groups is 1. The van der Waals surface area contributed by atoms with Crippen molar-refractivity contribution in [2.75, 3.05) is 5.32 Å². The van der Waals surface area contributed by atoms with Crippen molar-refractivity contribution in [2.45, 2.75) is 6.92 Å². The molecule has 198 valence electrons. The summed E-state index contributed by atoms with van der Waals surface area (Å²) in [4.78, 5) is 26.1. The summed E-state index contributed by atoms with van der Waals surface area (Å²) in [5, 5.41) is 17.0. The fourth-order valence-corrected chi connectivity index (χ4v) is 4.37. The van der Waals surface area contributed by atoms with Crippen LogP contribution in [0.15, 0.2) is 90.1 Å². The molecule has 9 nitrogen and oxygen atoms in total. The second-order valence-corrected chi connectivity index (χ2v) is 9.00. The highest BCUT2D eigenvalue weighted by Gasteiger charge is 2.18. The van der Waals surface area contributed by atoms with Crippen molar-refractivity contribution in [1.29, 1.82) is 0 Å². The Labute approximate surface area is 225 Å². The van der Waals surface area contributed by atoms with Gasteiger partial charge in [-0.2, -0.15) is 10.2 Å². The standard InChI is InChI=1S/C29H20F2N6O3/c1-16-2-8-22(29(39)37(16)21-6-3-19(30)4-7-21)28(38)35-20-5-9-26(24(31)11-20)40-27-10-17-13-34-36-25(17)12-23(27)18-14-32-33-15-18/h2-15H,1H3,(H,32,33)(H,34,36)(H,35,38). The van der Waals surface area contributed by atoms with Crippen LogP contribution in [0.1, 0.15) is 16.1 Å². The lowest BCUT2D eigenvalue weighted by molar-refractivity contribution is 0.102. The number of rotatable bonds is 6. The van der Waals surface area contributed by atoms with Crippen LogP contribution in [-0.4, -0.2) is 30.9 Å². The van der Waals surface area contributed by atoms with E-state index in [-0.39, 0.29) is 17.0 Å². The molecule has 3 aromatic heterocycles. The topological polar surface area (TPSA) is 118 Å². The number of anilines is 1. The number of aromatic amines is 2. The third-order valence-corrected chi connectivity index (χ3v) is 6.37. The first-order valence-electron chi connectivity index (χ1n) is 12.1. The number of nitrogens with one attached hydrogen (secondary N) is 3. The Morgan fingerprint density at radius 2 is 1.77 bits per heavy atom. The number of hydrogen-bond donors (Lipinski definition) is 3. The lowest BCUT2D eigenvalue weighted by atomic mass is 10.1. The highest BCUT2D eigenvalue weighted by Crippen LogP contribution is 2.37. The molecular formula is C29H20F2N6O3. The van der Waals surface area contributed by atoms with Crippen LogP contribution in [0.4, 0.5) is 14.5 Å². The molecule has 0 aliphatic heterocycles. The summed E-state index contributed by atoms with van der Waals surface area (Å²) in [5.41, 5.74) is 2.53. The molecule has 0 unspecified atom stereocenters. The number of hydrogen-bond acceptors (Lipinski definition) is 5. The highest BCUT2D eigenvalue weighted by molar-refractivity contribution is 6.04. The average Bonchev–Trinajstić information content (AvgIpc) is 3.63. The van der Waals surface area contributed by atoms with Crippen molar-refractivity contribution in [3.05, 3.63) is 119 Å². The summed E-state index contributed by atoms with van der Waals surface area (Å²) in [6, 6.07) is 15.9. The normalized spacial score (nSPS) is 11.1. The zero-order chi connectivity index (χ0) is 27.8. The van der Waals surface area contributed by atoms with Gasteiger partial charge in [0.2, 0.25) is 0 Å². The van der Waals surface area contributed by atoms with E-state index in [0.717, 1.165) is 22.5 Å². The molecule has 0 saturated heterocycles. The Bertz CT molecular complexity index is 1930. The van der Waals surface area contributed by atoms with E-state index >= 15 is 4.39 Å². The summed E-state index contributed by atoms with van der Waals surface area (Å²) < 4.78 is 35.8. The average molecular weight is 539 g/mol. The molecule has 0 fully saturated rings. The van der Waals surface area contributed by atoms with Crippen molar-refractivity contribution in [2.24, 2.45) is 0 Å². The molecule has 6 rings (SSSR count). The van der Waals surface area contributed by atoms with Crippen LogP contribution in [0.3, 0.4) is 0 Å². The molecule has 0 bridgehead atoms. The fraction of sp³-hybridized carbons (Fsp3) is 0.0345. The van der Waals surface area contributed by atoms with E-state index in [0.29, 0.717) is 22.7 Å². The number of H-pyrrole nitrogens is 2. The van der Waals surface area contributed by atoms with Crippen molar-refractivity contribution in [1.82, 2.24) is 25.0 Å². The summed E-state index contributed by atoms with van der Waals surface area (Å²) >= 11 is 0. The molecule has 40 heavy (non-hydrogen) atoms. The maximum absolute atomic E-state index is 15.2. The maximum Gasteiger partial charge on any atom is 0.268 e. The number of amides is 1. The van der Waals surface area contributed by atoms with Gasteiger partial charge in [0, 0.05) is 45.8 Å². The Hall–Kier alpha value is -5.58. The third-order valence-electron chi connectivity index (χ3n) is 6.37. The van der Waals surface area contributed by atoms with E-state index in [2.05, 4.69) is 25.7 Å². The van der Waals surface area contributed by atoms with Gasteiger partial charge in [-0.3, -0.25) is 24.4 Å². The number of fused-ring (bicyclic) bond motifs is 1. The largest absolute Gasteiger partial charge is 0.454 e. The van der Waals surface area contributed by atoms with Crippen LogP contribution in [0, 0.1) is 18.6 Å². The Morgan fingerprint density at radius 3 is 2.52 bits per heavy atom. The molecular weight excluding hydrogens is 518 g/mol. The second kappa shape index (κ2) is 9.95. The zero-order valence-corrected chi connectivity index (χ0v) is 20.9. The Morgan fingerprint density at radius 1 is 0.950 bits per heavy atom. The molecule has 3 N–H and O–H groups in total. The van der Waals surface area contributed by atoms with Crippen LogP contribution < -0.4 is 15.6 Å². The minimum absolute atomic E-state index is 0.0698. The molecule has 3 heterocycles. The molecule has 1 amide bonds. The number of halogens is 2. The van der Waals surface area contributed by atoms with Crippen LogP contribution in [0.5, 0.6) is 11.5 Å². The van der Waals surface area contributed by atoms with Crippen molar-refractivity contribution < 1.29 is 18.3 Å². The number of nitrogens with zero attached hydrogens (tertiary/aromatic N) is 3. The predicted octanol–water partition coefficient (Wildman–Crippen LogP) is 5.74. The van der Waals surface area contributed by atoms with E-state index in [1.54, 1.807) is 37.6 Å². The number of pyridine rings is 1. The Kier molecular flexibility index (Phi) is 6.15. The minimum atomic E-state index is -0.726. The van der Waals surface area contributed by atoms with Gasteiger partial charge in [0.1, 0.15) is 17.1 Å². The van der Waals surface area contributed by atoms with E-state index in [9.17, 15) is 14.0 Å². The molecule has 3 aromatic carbocycles. The maximum atomic E-state index is 15.2. The smallest absolute Gasteiger partial charge is 0.268 e. The van der Waals surface area contributed by atoms with Crippen molar-refractivity contribution in [3.8, 4) is 28.3 Å². The van der Waals surface area contributed by atoms with Crippen LogP contribution in [0.25, 0.3) is 27.7 Å². The van der Waals surface area contributed by atoms with E-state index in [1.165, 1.54) is 47.0 Å². The zero-order valence-electron chi connectivity index (χ0n) is 20.9. The monoisotopic (exact) mass is 538 g/mol. The van der Waals surface area contributed by atoms with Gasteiger partial charge in [-0.15, -0.1) is 0 Å². The second-order valence-electron chi connectivity index (χ2n) is 9.00. The van der Waals surface area contributed by atoms with E-state index < -0.39 is 23.1 Å². The predicted molar refractivity (Wildman–Crippen MR) is 145 cm³/mol. The van der Waals surface area contributed by atoms with E-state index in [1.807, 2.05) is 6.07 Å². The van der Waals surface area contributed by atoms with Crippen LogP contribution in [-0.2, 0) is 0 Å². The lowest BCUT2D eigenvalue weighted by Gasteiger charge is -2.14.